The molecule has 174 valence electrons. The number of carbonyl (C=O) groups is 1. The predicted molar refractivity (Wildman–Crippen MR) is 132 cm³/mol. The molecule has 5 rings (SSSR count). The summed E-state index contributed by atoms with van der Waals surface area (Å²) in [7, 11) is 1.62. The SMILES string of the molecule is COc1ccc(N2CC[C@H](C)N(Cc3ccnc4[nH]ccc34)C2=O)cc1OCc1ccccc1. The number of nitrogens with one attached hydrogen (secondary N) is 1. The van der Waals surface area contributed by atoms with Crippen molar-refractivity contribution in [1.29, 1.82) is 0 Å². The third kappa shape index (κ3) is 4.29. The molecule has 0 unspecified atom stereocenters. The van der Waals surface area contributed by atoms with Crippen LogP contribution in [0.4, 0.5) is 10.5 Å². The number of carbonyl (C=O) groups excluding carboxylic acids is 1. The number of methoxy groups -OCH3 is 1. The topological polar surface area (TPSA) is 70.7 Å². The number of aromatic nitrogens is 2. The Labute approximate surface area is 198 Å². The van der Waals surface area contributed by atoms with Crippen LogP contribution in [-0.2, 0) is 13.2 Å². The lowest BCUT2D eigenvalue weighted by Gasteiger charge is -2.40. The molecule has 2 aromatic carbocycles. The van der Waals surface area contributed by atoms with Crippen LogP contribution < -0.4 is 14.4 Å². The minimum absolute atomic E-state index is 0.0153. The van der Waals surface area contributed by atoms with Crippen molar-refractivity contribution in [3.05, 3.63) is 84.2 Å². The van der Waals surface area contributed by atoms with Gasteiger partial charge in [-0.1, -0.05) is 30.3 Å². The summed E-state index contributed by atoms with van der Waals surface area (Å²) in [5, 5.41) is 1.04. The van der Waals surface area contributed by atoms with E-state index in [1.165, 1.54) is 0 Å². The van der Waals surface area contributed by atoms with Crippen molar-refractivity contribution in [1.82, 2.24) is 14.9 Å². The number of aromatic amines is 1. The van der Waals surface area contributed by atoms with Gasteiger partial charge in [0.25, 0.3) is 0 Å². The molecule has 34 heavy (non-hydrogen) atoms. The molecule has 0 radical (unpaired) electrons. The highest BCUT2D eigenvalue weighted by atomic mass is 16.5. The zero-order chi connectivity index (χ0) is 23.5. The van der Waals surface area contributed by atoms with Crippen LogP contribution in [-0.4, -0.2) is 40.6 Å². The standard InChI is InChI=1S/C27H28N4O3/c1-19-12-15-30(27(32)31(19)17-21-10-13-28-26-23(21)11-14-29-26)22-8-9-24(33-2)25(16-22)34-18-20-6-4-3-5-7-20/h3-11,13-14,16,19H,12,15,17-18H2,1-2H3,(H,28,29)/t19-/m0/s1. The van der Waals surface area contributed by atoms with Gasteiger partial charge in [-0.15, -0.1) is 0 Å². The third-order valence-corrected chi connectivity index (χ3v) is 6.37. The van der Waals surface area contributed by atoms with Crippen molar-refractivity contribution < 1.29 is 14.3 Å². The molecule has 1 saturated heterocycles. The van der Waals surface area contributed by atoms with E-state index in [0.29, 0.717) is 31.2 Å². The van der Waals surface area contributed by atoms with Crippen LogP contribution >= 0.6 is 0 Å². The molecule has 0 saturated carbocycles. The van der Waals surface area contributed by atoms with E-state index in [1.807, 2.05) is 76.7 Å². The van der Waals surface area contributed by atoms with E-state index < -0.39 is 0 Å². The fourth-order valence-electron chi connectivity index (χ4n) is 4.39. The highest BCUT2D eigenvalue weighted by Crippen LogP contribution is 2.34. The molecule has 7 heteroatoms. The molecule has 1 aliphatic rings. The number of benzene rings is 2. The Kier molecular flexibility index (Phi) is 6.08. The first-order valence-corrected chi connectivity index (χ1v) is 11.5. The second-order valence-corrected chi connectivity index (χ2v) is 8.52. The maximum atomic E-state index is 13.6. The average molecular weight is 457 g/mol. The summed E-state index contributed by atoms with van der Waals surface area (Å²) in [5.74, 6) is 1.26. The minimum Gasteiger partial charge on any atom is -0.493 e. The zero-order valence-electron chi connectivity index (χ0n) is 19.4. The summed E-state index contributed by atoms with van der Waals surface area (Å²) in [6, 6.07) is 19.8. The van der Waals surface area contributed by atoms with Gasteiger partial charge in [0, 0.05) is 48.7 Å². The molecule has 1 atom stereocenters. The Bertz CT molecular complexity index is 1290. The number of fused-ring (bicyclic) bond motifs is 1. The quantitative estimate of drug-likeness (QED) is 0.406. The smallest absolute Gasteiger partial charge is 0.325 e. The van der Waals surface area contributed by atoms with Crippen molar-refractivity contribution in [2.75, 3.05) is 18.6 Å². The number of hydrogen-bond donors (Lipinski definition) is 1. The third-order valence-electron chi connectivity index (χ3n) is 6.37. The molecule has 1 N–H and O–H groups in total. The van der Waals surface area contributed by atoms with Gasteiger partial charge in [-0.25, -0.2) is 9.78 Å². The maximum Gasteiger partial charge on any atom is 0.325 e. The number of ether oxygens (including phenoxy) is 2. The highest BCUT2D eigenvalue weighted by Gasteiger charge is 2.32. The number of amides is 2. The lowest BCUT2D eigenvalue weighted by atomic mass is 10.1. The second kappa shape index (κ2) is 9.47. The Morgan fingerprint density at radius 1 is 1.09 bits per heavy atom. The second-order valence-electron chi connectivity index (χ2n) is 8.52. The molecule has 1 aliphatic heterocycles. The van der Waals surface area contributed by atoms with Gasteiger partial charge < -0.3 is 19.4 Å². The molecular formula is C27H28N4O3. The van der Waals surface area contributed by atoms with Crippen molar-refractivity contribution in [3.8, 4) is 11.5 Å². The van der Waals surface area contributed by atoms with Gasteiger partial charge in [0.1, 0.15) is 12.3 Å². The number of rotatable bonds is 7. The molecule has 7 nitrogen and oxygen atoms in total. The van der Waals surface area contributed by atoms with Crippen LogP contribution in [0.5, 0.6) is 11.5 Å². The van der Waals surface area contributed by atoms with Crippen LogP contribution in [0.15, 0.2) is 73.1 Å². The summed E-state index contributed by atoms with van der Waals surface area (Å²) >= 11 is 0. The van der Waals surface area contributed by atoms with Gasteiger partial charge >= 0.3 is 6.03 Å². The molecule has 0 aliphatic carbocycles. The van der Waals surface area contributed by atoms with Gasteiger partial charge in [-0.2, -0.15) is 0 Å². The molecule has 4 aromatic rings. The molecule has 0 bridgehead atoms. The minimum atomic E-state index is -0.0153. The van der Waals surface area contributed by atoms with E-state index in [4.69, 9.17) is 9.47 Å². The first kappa shape index (κ1) is 21.8. The molecule has 3 heterocycles. The van der Waals surface area contributed by atoms with Crippen LogP contribution in [0, 0.1) is 0 Å². The van der Waals surface area contributed by atoms with Crippen LogP contribution in [0.25, 0.3) is 11.0 Å². The fraction of sp³-hybridized carbons (Fsp3) is 0.259. The van der Waals surface area contributed by atoms with Gasteiger partial charge in [0.2, 0.25) is 0 Å². The highest BCUT2D eigenvalue weighted by molar-refractivity contribution is 5.93. The van der Waals surface area contributed by atoms with E-state index in [-0.39, 0.29) is 12.1 Å². The molecule has 0 spiro atoms. The Morgan fingerprint density at radius 2 is 1.94 bits per heavy atom. The van der Waals surface area contributed by atoms with Crippen LogP contribution in [0.1, 0.15) is 24.5 Å². The number of anilines is 1. The van der Waals surface area contributed by atoms with E-state index in [2.05, 4.69) is 16.9 Å². The number of urea groups is 1. The number of H-pyrrole nitrogens is 1. The van der Waals surface area contributed by atoms with Crippen molar-refractivity contribution in [3.63, 3.8) is 0 Å². The van der Waals surface area contributed by atoms with Gasteiger partial charge in [-0.05, 0) is 48.7 Å². The zero-order valence-corrected chi connectivity index (χ0v) is 19.4. The van der Waals surface area contributed by atoms with Gasteiger partial charge in [0.05, 0.1) is 7.11 Å². The maximum absolute atomic E-state index is 13.6. The summed E-state index contributed by atoms with van der Waals surface area (Å²) in [6.45, 7) is 3.71. The summed E-state index contributed by atoms with van der Waals surface area (Å²) in [6.07, 6.45) is 4.54. The van der Waals surface area contributed by atoms with Crippen LogP contribution in [0.3, 0.4) is 0 Å². The van der Waals surface area contributed by atoms with Crippen LogP contribution in [0.2, 0.25) is 0 Å². The van der Waals surface area contributed by atoms with Gasteiger partial charge in [-0.3, -0.25) is 4.90 Å². The van der Waals surface area contributed by atoms with Gasteiger partial charge in [0.15, 0.2) is 11.5 Å². The van der Waals surface area contributed by atoms with E-state index in [9.17, 15) is 4.79 Å². The summed E-state index contributed by atoms with van der Waals surface area (Å²) in [4.78, 5) is 24.9. The molecular weight excluding hydrogens is 428 g/mol. The van der Waals surface area contributed by atoms with E-state index in [0.717, 1.165) is 34.3 Å². The van der Waals surface area contributed by atoms with Crippen molar-refractivity contribution in [2.24, 2.45) is 0 Å². The Balaban J connectivity index is 1.38. The average Bonchev–Trinajstić information content (AvgIpc) is 3.36. The number of pyridine rings is 1. The predicted octanol–water partition coefficient (Wildman–Crippen LogP) is 5.37. The van der Waals surface area contributed by atoms with Crippen molar-refractivity contribution in [2.45, 2.75) is 32.5 Å². The number of nitrogens with zero attached hydrogens (tertiary/aromatic N) is 3. The number of hydrogen-bond acceptors (Lipinski definition) is 4. The molecule has 2 aromatic heterocycles. The first-order chi connectivity index (χ1) is 16.6. The lowest BCUT2D eigenvalue weighted by Crippen LogP contribution is -2.53. The summed E-state index contributed by atoms with van der Waals surface area (Å²) in [5.41, 5.74) is 3.78. The van der Waals surface area contributed by atoms with Crippen molar-refractivity contribution >= 4 is 22.8 Å². The van der Waals surface area contributed by atoms with E-state index >= 15 is 0 Å². The normalized spacial score (nSPS) is 16.2. The largest absolute Gasteiger partial charge is 0.493 e. The Hall–Kier alpha value is -4.00. The first-order valence-electron chi connectivity index (χ1n) is 11.5. The molecule has 2 amide bonds. The monoisotopic (exact) mass is 456 g/mol. The summed E-state index contributed by atoms with van der Waals surface area (Å²) < 4.78 is 11.6. The van der Waals surface area contributed by atoms with E-state index in [1.54, 1.807) is 13.3 Å². The Morgan fingerprint density at radius 3 is 2.76 bits per heavy atom. The fourth-order valence-corrected chi connectivity index (χ4v) is 4.39. The molecule has 1 fully saturated rings. The lowest BCUT2D eigenvalue weighted by molar-refractivity contribution is 0.166.